The third kappa shape index (κ3) is 3.47. The van der Waals surface area contributed by atoms with Crippen molar-refractivity contribution in [2.75, 3.05) is 13.2 Å². The Morgan fingerprint density at radius 1 is 0.857 bits per heavy atom. The zero-order valence-corrected chi connectivity index (χ0v) is 15.1. The van der Waals surface area contributed by atoms with Crippen LogP contribution in [-0.2, 0) is 4.74 Å². The average molecular weight is 373 g/mol. The van der Waals surface area contributed by atoms with Gasteiger partial charge in [0.2, 0.25) is 0 Å². The van der Waals surface area contributed by atoms with E-state index < -0.39 is 6.09 Å². The maximum absolute atomic E-state index is 12.1. The normalized spacial score (nSPS) is 12.1. The molecule has 0 fully saturated rings. The van der Waals surface area contributed by atoms with Gasteiger partial charge in [-0.3, -0.25) is 4.79 Å². The highest BCUT2D eigenvalue weighted by Gasteiger charge is 2.29. The molecule has 2 N–H and O–H groups in total. The standard InChI is InChI=1S/C23H19NO4/c25-16-11-9-15(10-12-16)22(26)13-24-23(27)28-14-21-19-7-3-1-5-17(19)18-6-2-4-8-20(18)21/h1-12,21,25H,13-14H2,(H,24,27). The lowest BCUT2D eigenvalue weighted by Gasteiger charge is -2.14. The van der Waals surface area contributed by atoms with E-state index in [0.717, 1.165) is 22.3 Å². The van der Waals surface area contributed by atoms with E-state index in [1.165, 1.54) is 24.3 Å². The Labute approximate surface area is 162 Å². The monoisotopic (exact) mass is 373 g/mol. The van der Waals surface area contributed by atoms with E-state index in [1.807, 2.05) is 24.3 Å². The van der Waals surface area contributed by atoms with Gasteiger partial charge in [-0.1, -0.05) is 48.5 Å². The number of hydrogen-bond donors (Lipinski definition) is 2. The fourth-order valence-electron chi connectivity index (χ4n) is 3.55. The molecule has 0 heterocycles. The van der Waals surface area contributed by atoms with Crippen molar-refractivity contribution in [2.45, 2.75) is 5.92 Å². The SMILES string of the molecule is O=C(NCC(=O)c1ccc(O)cc1)OCC1c2ccccc2-c2ccccc21. The number of aromatic hydroxyl groups is 1. The van der Waals surface area contributed by atoms with Crippen LogP contribution < -0.4 is 5.32 Å². The van der Waals surface area contributed by atoms with E-state index in [0.29, 0.717) is 5.56 Å². The quantitative estimate of drug-likeness (QED) is 0.660. The second kappa shape index (κ2) is 7.56. The van der Waals surface area contributed by atoms with Gasteiger partial charge < -0.3 is 15.2 Å². The minimum atomic E-state index is -0.631. The number of phenols is 1. The van der Waals surface area contributed by atoms with Gasteiger partial charge in [-0.05, 0) is 46.5 Å². The third-order valence-electron chi connectivity index (χ3n) is 4.93. The van der Waals surface area contributed by atoms with Crippen molar-refractivity contribution in [1.29, 1.82) is 0 Å². The van der Waals surface area contributed by atoms with Gasteiger partial charge >= 0.3 is 6.09 Å². The van der Waals surface area contributed by atoms with Crippen molar-refractivity contribution < 1.29 is 19.4 Å². The minimum Gasteiger partial charge on any atom is -0.508 e. The molecular weight excluding hydrogens is 354 g/mol. The van der Waals surface area contributed by atoms with Gasteiger partial charge in [0.05, 0.1) is 6.54 Å². The zero-order valence-electron chi connectivity index (χ0n) is 15.1. The van der Waals surface area contributed by atoms with Crippen LogP contribution in [0.15, 0.2) is 72.8 Å². The van der Waals surface area contributed by atoms with Crippen LogP contribution in [0.5, 0.6) is 5.75 Å². The van der Waals surface area contributed by atoms with Crippen LogP contribution in [0.3, 0.4) is 0 Å². The fourth-order valence-corrected chi connectivity index (χ4v) is 3.55. The summed E-state index contributed by atoms with van der Waals surface area (Å²) in [5.41, 5.74) is 5.01. The van der Waals surface area contributed by atoms with Crippen LogP contribution in [0.25, 0.3) is 11.1 Å². The number of hydrogen-bond acceptors (Lipinski definition) is 4. The molecule has 140 valence electrons. The number of benzene rings is 3. The summed E-state index contributed by atoms with van der Waals surface area (Å²) in [6.45, 7) is 0.0364. The lowest BCUT2D eigenvalue weighted by molar-refractivity contribution is 0.0976. The number of nitrogens with one attached hydrogen (secondary N) is 1. The molecule has 4 rings (SSSR count). The highest BCUT2D eigenvalue weighted by Crippen LogP contribution is 2.44. The first-order valence-electron chi connectivity index (χ1n) is 9.04. The molecule has 0 atom stereocenters. The second-order valence-electron chi connectivity index (χ2n) is 6.65. The minimum absolute atomic E-state index is 0.0223. The summed E-state index contributed by atoms with van der Waals surface area (Å²) >= 11 is 0. The third-order valence-corrected chi connectivity index (χ3v) is 4.93. The Morgan fingerprint density at radius 2 is 1.43 bits per heavy atom. The molecule has 3 aromatic rings. The highest BCUT2D eigenvalue weighted by molar-refractivity contribution is 5.99. The molecule has 0 aliphatic heterocycles. The van der Waals surface area contributed by atoms with Gasteiger partial charge in [0, 0.05) is 11.5 Å². The highest BCUT2D eigenvalue weighted by atomic mass is 16.5. The number of ketones is 1. The molecule has 3 aromatic carbocycles. The first kappa shape index (κ1) is 17.8. The number of ether oxygens (including phenoxy) is 1. The van der Waals surface area contributed by atoms with Crippen molar-refractivity contribution in [1.82, 2.24) is 5.32 Å². The van der Waals surface area contributed by atoms with Crippen molar-refractivity contribution in [3.63, 3.8) is 0 Å². The van der Waals surface area contributed by atoms with E-state index in [4.69, 9.17) is 4.74 Å². The molecule has 5 heteroatoms. The summed E-state index contributed by atoms with van der Waals surface area (Å²) in [5, 5.41) is 11.8. The van der Waals surface area contributed by atoms with Gasteiger partial charge in [-0.25, -0.2) is 4.79 Å². The van der Waals surface area contributed by atoms with E-state index in [-0.39, 0.29) is 30.6 Å². The van der Waals surface area contributed by atoms with Gasteiger partial charge in [0.1, 0.15) is 12.4 Å². The second-order valence-corrected chi connectivity index (χ2v) is 6.65. The number of carbonyl (C=O) groups is 2. The summed E-state index contributed by atoms with van der Waals surface area (Å²) < 4.78 is 5.40. The molecule has 0 bridgehead atoms. The first-order valence-corrected chi connectivity index (χ1v) is 9.04. The number of phenolic OH excluding ortho intramolecular Hbond substituents is 1. The van der Waals surface area contributed by atoms with Crippen LogP contribution in [0.1, 0.15) is 27.4 Å². The zero-order chi connectivity index (χ0) is 19.5. The summed E-state index contributed by atoms with van der Waals surface area (Å²) in [7, 11) is 0. The van der Waals surface area contributed by atoms with Crippen molar-refractivity contribution in [2.24, 2.45) is 0 Å². The molecule has 0 spiro atoms. The molecule has 1 aliphatic carbocycles. The predicted octanol–water partition coefficient (Wildman–Crippen LogP) is 4.11. The summed E-state index contributed by atoms with van der Waals surface area (Å²) in [6, 6.07) is 22.1. The number of amides is 1. The topological polar surface area (TPSA) is 75.6 Å². The van der Waals surface area contributed by atoms with Gasteiger partial charge in [-0.2, -0.15) is 0 Å². The molecule has 28 heavy (non-hydrogen) atoms. The van der Waals surface area contributed by atoms with Crippen molar-refractivity contribution in [3.8, 4) is 16.9 Å². The Kier molecular flexibility index (Phi) is 4.81. The van der Waals surface area contributed by atoms with Crippen LogP contribution in [0.2, 0.25) is 0 Å². The molecular formula is C23H19NO4. The van der Waals surface area contributed by atoms with Crippen LogP contribution in [-0.4, -0.2) is 30.1 Å². The van der Waals surface area contributed by atoms with Crippen LogP contribution in [0.4, 0.5) is 4.79 Å². The number of rotatable bonds is 5. The van der Waals surface area contributed by atoms with Gasteiger partial charge in [0.25, 0.3) is 0 Å². The van der Waals surface area contributed by atoms with E-state index in [1.54, 1.807) is 0 Å². The molecule has 0 radical (unpaired) electrons. The van der Waals surface area contributed by atoms with Gasteiger partial charge in [-0.15, -0.1) is 0 Å². The number of carbonyl (C=O) groups excluding carboxylic acids is 2. The van der Waals surface area contributed by atoms with Crippen LogP contribution >= 0.6 is 0 Å². The number of Topliss-reactive ketones (excluding diaryl/α,β-unsaturated/α-hetero) is 1. The molecule has 0 saturated heterocycles. The molecule has 1 amide bonds. The lowest BCUT2D eigenvalue weighted by atomic mass is 9.98. The van der Waals surface area contributed by atoms with Crippen LogP contribution in [0, 0.1) is 0 Å². The predicted molar refractivity (Wildman–Crippen MR) is 106 cm³/mol. The van der Waals surface area contributed by atoms with E-state index >= 15 is 0 Å². The van der Waals surface area contributed by atoms with Crippen molar-refractivity contribution in [3.05, 3.63) is 89.5 Å². The number of alkyl carbamates (subject to hydrolysis) is 1. The largest absolute Gasteiger partial charge is 0.508 e. The molecule has 0 saturated carbocycles. The summed E-state index contributed by atoms with van der Waals surface area (Å²) in [5.74, 6) is -0.194. The maximum atomic E-state index is 12.1. The molecule has 1 aliphatic rings. The maximum Gasteiger partial charge on any atom is 0.407 e. The Hall–Kier alpha value is -3.60. The summed E-state index contributed by atoms with van der Waals surface area (Å²) in [4.78, 5) is 24.2. The van der Waals surface area contributed by atoms with E-state index in [2.05, 4.69) is 29.6 Å². The molecule has 0 aromatic heterocycles. The van der Waals surface area contributed by atoms with Gasteiger partial charge in [0.15, 0.2) is 5.78 Å². The lowest BCUT2D eigenvalue weighted by Crippen LogP contribution is -2.31. The molecule has 5 nitrogen and oxygen atoms in total. The average Bonchev–Trinajstić information content (AvgIpc) is 3.05. The number of fused-ring (bicyclic) bond motifs is 3. The fraction of sp³-hybridized carbons (Fsp3) is 0.130. The van der Waals surface area contributed by atoms with E-state index in [9.17, 15) is 14.7 Å². The van der Waals surface area contributed by atoms with Crippen molar-refractivity contribution >= 4 is 11.9 Å². The molecule has 0 unspecified atom stereocenters. The Bertz CT molecular complexity index is 981. The Balaban J connectivity index is 1.37. The summed E-state index contributed by atoms with van der Waals surface area (Å²) in [6.07, 6.45) is -0.631. The Morgan fingerprint density at radius 3 is 2.04 bits per heavy atom. The smallest absolute Gasteiger partial charge is 0.407 e. The first-order chi connectivity index (χ1) is 13.6.